The average Bonchev–Trinajstić information content (AvgIpc) is 2.74. The maximum atomic E-state index is 13.0. The summed E-state index contributed by atoms with van der Waals surface area (Å²) in [5.41, 5.74) is 2.58. The number of anilines is 1. The van der Waals surface area contributed by atoms with E-state index < -0.39 is 0 Å². The second kappa shape index (κ2) is 8.40. The molecule has 2 aliphatic rings. The molecule has 2 aliphatic heterocycles. The van der Waals surface area contributed by atoms with Crippen LogP contribution in [0.1, 0.15) is 24.8 Å². The molecule has 5 nitrogen and oxygen atoms in total. The Balaban J connectivity index is 1.62. The number of carbonyl (C=O) groups excluding carboxylic acids is 1. The van der Waals surface area contributed by atoms with Gasteiger partial charge in [-0.15, -0.1) is 0 Å². The molecule has 0 spiro atoms. The lowest BCUT2D eigenvalue weighted by atomic mass is 9.86. The van der Waals surface area contributed by atoms with Gasteiger partial charge in [0.25, 0.3) is 0 Å². The molecule has 1 atom stereocenters. The number of nitrogens with zero attached hydrogens (tertiary/aromatic N) is 3. The van der Waals surface area contributed by atoms with E-state index in [1.165, 1.54) is 11.8 Å². The molecular formula is C22H20ClN3O2S. The first kappa shape index (κ1) is 19.7. The predicted octanol–water partition coefficient (Wildman–Crippen LogP) is 4.96. The highest BCUT2D eigenvalue weighted by Gasteiger charge is 2.38. The lowest BCUT2D eigenvalue weighted by Crippen LogP contribution is -2.47. The van der Waals surface area contributed by atoms with Crippen LogP contribution in [0.2, 0.25) is 5.02 Å². The predicted molar refractivity (Wildman–Crippen MR) is 116 cm³/mol. The number of nitriles is 1. The zero-order chi connectivity index (χ0) is 20.4. The maximum Gasteiger partial charge on any atom is 0.229 e. The van der Waals surface area contributed by atoms with Crippen LogP contribution in [-0.2, 0) is 4.79 Å². The number of allylic oxidation sites excluding steroid dienone is 1. The molecule has 1 amide bonds. The summed E-state index contributed by atoms with van der Waals surface area (Å²) in [6.07, 6.45) is 0.282. The number of halogens is 1. The van der Waals surface area contributed by atoms with Crippen LogP contribution in [0.4, 0.5) is 5.69 Å². The van der Waals surface area contributed by atoms with E-state index in [1.807, 2.05) is 55.5 Å². The number of ether oxygens (including phenoxy) is 1. The second-order valence-electron chi connectivity index (χ2n) is 6.85. The topological polar surface area (TPSA) is 56.6 Å². The Morgan fingerprint density at radius 1 is 1.28 bits per heavy atom. The standard InChI is InChI=1S/C22H20ClN3O2S/c1-2-28-18-8-6-15(7-9-18)19-11-21(27)26-13-25(14-29-22(26)20(19)12-24)17-5-3-4-16(23)10-17/h3-10,19H,2,11,13-14H2,1H3. The Hall–Kier alpha value is -2.62. The molecule has 2 aromatic rings. The van der Waals surface area contributed by atoms with Crippen LogP contribution in [0.3, 0.4) is 0 Å². The van der Waals surface area contributed by atoms with Crippen LogP contribution in [0.5, 0.6) is 5.75 Å². The fourth-order valence-corrected chi connectivity index (χ4v) is 5.00. The van der Waals surface area contributed by atoms with Gasteiger partial charge in [0.15, 0.2) is 0 Å². The molecule has 0 bridgehead atoms. The van der Waals surface area contributed by atoms with Gasteiger partial charge < -0.3 is 9.64 Å². The lowest BCUT2D eigenvalue weighted by Gasteiger charge is -2.42. The lowest BCUT2D eigenvalue weighted by molar-refractivity contribution is -0.129. The first-order chi connectivity index (χ1) is 14.1. The van der Waals surface area contributed by atoms with Gasteiger partial charge in [0.1, 0.15) is 5.75 Å². The van der Waals surface area contributed by atoms with Crippen molar-refractivity contribution in [3.63, 3.8) is 0 Å². The van der Waals surface area contributed by atoms with Crippen molar-refractivity contribution in [3.8, 4) is 11.8 Å². The molecule has 2 heterocycles. The van der Waals surface area contributed by atoms with Crippen LogP contribution < -0.4 is 9.64 Å². The van der Waals surface area contributed by atoms with Gasteiger partial charge in [-0.2, -0.15) is 5.26 Å². The molecular weight excluding hydrogens is 406 g/mol. The number of hydrogen-bond donors (Lipinski definition) is 0. The molecule has 0 aromatic heterocycles. The SMILES string of the molecule is CCOc1ccc(C2CC(=O)N3CN(c4cccc(Cl)c4)CSC3=C2C#N)cc1. The highest BCUT2D eigenvalue weighted by Crippen LogP contribution is 2.43. The number of fused-ring (bicyclic) bond motifs is 1. The molecule has 29 heavy (non-hydrogen) atoms. The minimum atomic E-state index is -0.223. The van der Waals surface area contributed by atoms with E-state index in [2.05, 4.69) is 11.0 Å². The van der Waals surface area contributed by atoms with Gasteiger partial charge in [0, 0.05) is 23.0 Å². The van der Waals surface area contributed by atoms with E-state index in [-0.39, 0.29) is 18.2 Å². The van der Waals surface area contributed by atoms with Crippen molar-refractivity contribution in [2.45, 2.75) is 19.3 Å². The van der Waals surface area contributed by atoms with E-state index in [9.17, 15) is 10.1 Å². The molecule has 148 valence electrons. The molecule has 0 aliphatic carbocycles. The monoisotopic (exact) mass is 425 g/mol. The fourth-order valence-electron chi connectivity index (χ4n) is 3.65. The number of carbonyl (C=O) groups is 1. The molecule has 1 saturated heterocycles. The number of thioether (sulfide) groups is 1. The smallest absolute Gasteiger partial charge is 0.229 e. The third kappa shape index (κ3) is 3.93. The number of hydrogen-bond acceptors (Lipinski definition) is 5. The van der Waals surface area contributed by atoms with E-state index in [1.54, 1.807) is 4.90 Å². The van der Waals surface area contributed by atoms with Crippen molar-refractivity contribution < 1.29 is 9.53 Å². The Labute approximate surface area is 179 Å². The first-order valence-corrected chi connectivity index (χ1v) is 10.8. The van der Waals surface area contributed by atoms with Gasteiger partial charge in [-0.3, -0.25) is 9.69 Å². The van der Waals surface area contributed by atoms with E-state index in [0.717, 1.165) is 22.0 Å². The molecule has 1 unspecified atom stereocenters. The zero-order valence-electron chi connectivity index (χ0n) is 16.0. The normalized spacial score (nSPS) is 19.1. The van der Waals surface area contributed by atoms with Crippen LogP contribution in [0.25, 0.3) is 0 Å². The van der Waals surface area contributed by atoms with Crippen molar-refractivity contribution in [3.05, 3.63) is 69.7 Å². The van der Waals surface area contributed by atoms with Gasteiger partial charge in [-0.05, 0) is 42.8 Å². The zero-order valence-corrected chi connectivity index (χ0v) is 17.5. The van der Waals surface area contributed by atoms with Gasteiger partial charge in [0.2, 0.25) is 5.91 Å². The van der Waals surface area contributed by atoms with Crippen molar-refractivity contribution in [2.24, 2.45) is 0 Å². The van der Waals surface area contributed by atoms with Crippen LogP contribution in [0.15, 0.2) is 59.1 Å². The first-order valence-electron chi connectivity index (χ1n) is 9.41. The maximum absolute atomic E-state index is 13.0. The van der Waals surface area contributed by atoms with Crippen molar-refractivity contribution in [1.82, 2.24) is 4.90 Å². The van der Waals surface area contributed by atoms with Crippen molar-refractivity contribution >= 4 is 35.0 Å². The Kier molecular flexibility index (Phi) is 5.70. The van der Waals surface area contributed by atoms with Crippen LogP contribution >= 0.6 is 23.4 Å². The summed E-state index contributed by atoms with van der Waals surface area (Å²) in [5.74, 6) is 1.24. The van der Waals surface area contributed by atoms with Crippen LogP contribution in [0, 0.1) is 11.3 Å². The average molecular weight is 426 g/mol. The minimum Gasteiger partial charge on any atom is -0.494 e. The third-order valence-electron chi connectivity index (χ3n) is 5.06. The number of amides is 1. The highest BCUT2D eigenvalue weighted by molar-refractivity contribution is 8.03. The summed E-state index contributed by atoms with van der Waals surface area (Å²) in [5, 5.41) is 11.3. The summed E-state index contributed by atoms with van der Waals surface area (Å²) in [7, 11) is 0. The highest BCUT2D eigenvalue weighted by atomic mass is 35.5. The van der Waals surface area contributed by atoms with Gasteiger partial charge in [-0.25, -0.2) is 0 Å². The molecule has 4 rings (SSSR count). The Bertz CT molecular complexity index is 1000. The second-order valence-corrected chi connectivity index (χ2v) is 8.22. The van der Waals surface area contributed by atoms with Gasteiger partial charge >= 0.3 is 0 Å². The Morgan fingerprint density at radius 2 is 2.07 bits per heavy atom. The Morgan fingerprint density at radius 3 is 2.76 bits per heavy atom. The molecule has 0 N–H and O–H groups in total. The summed E-state index contributed by atoms with van der Waals surface area (Å²) in [4.78, 5) is 16.8. The van der Waals surface area contributed by atoms with Gasteiger partial charge in [-0.1, -0.05) is 41.6 Å². The van der Waals surface area contributed by atoms with E-state index >= 15 is 0 Å². The quantitative estimate of drug-likeness (QED) is 0.693. The molecule has 0 saturated carbocycles. The largest absolute Gasteiger partial charge is 0.494 e. The molecule has 7 heteroatoms. The number of rotatable bonds is 4. The summed E-state index contributed by atoms with van der Waals surface area (Å²) >= 11 is 7.64. The fraction of sp³-hybridized carbons (Fsp3) is 0.273. The van der Waals surface area contributed by atoms with Gasteiger partial charge in [0.05, 0.1) is 35.8 Å². The summed E-state index contributed by atoms with van der Waals surface area (Å²) in [6.45, 7) is 2.96. The number of benzene rings is 2. The third-order valence-corrected chi connectivity index (χ3v) is 6.45. The molecule has 1 fully saturated rings. The summed E-state index contributed by atoms with van der Waals surface area (Å²) < 4.78 is 5.50. The minimum absolute atomic E-state index is 0.0251. The van der Waals surface area contributed by atoms with E-state index in [4.69, 9.17) is 16.3 Å². The van der Waals surface area contributed by atoms with Crippen molar-refractivity contribution in [1.29, 1.82) is 5.26 Å². The molecule has 2 aromatic carbocycles. The van der Waals surface area contributed by atoms with Crippen molar-refractivity contribution in [2.75, 3.05) is 24.1 Å². The van der Waals surface area contributed by atoms with Crippen LogP contribution in [-0.4, -0.2) is 30.0 Å². The summed E-state index contributed by atoms with van der Waals surface area (Å²) in [6, 6.07) is 17.6. The molecule has 0 radical (unpaired) electrons. The van der Waals surface area contributed by atoms with E-state index in [0.29, 0.717) is 29.7 Å².